The average molecular weight is 344 g/mol. The lowest BCUT2D eigenvalue weighted by molar-refractivity contribution is 0.988. The lowest BCUT2D eigenvalue weighted by Crippen LogP contribution is -2.24. The highest BCUT2D eigenvalue weighted by Crippen LogP contribution is 2.22. The molecule has 0 fully saturated rings. The van der Waals surface area contributed by atoms with Crippen LogP contribution in [0.1, 0.15) is 12.5 Å². The Morgan fingerprint density at radius 3 is 2.60 bits per heavy atom. The second-order valence-electron chi connectivity index (χ2n) is 3.89. The summed E-state index contributed by atoms with van der Waals surface area (Å²) >= 11 is 18.9. The first kappa shape index (κ1) is 15.6. The van der Waals surface area contributed by atoms with E-state index in [-0.39, 0.29) is 5.56 Å². The standard InChI is InChI=1S/C14H11Cl2NOS2/c1-2-20-14(19)12-10(16)7-8-17(13(12)18)11-6-4-3-5-9(11)15/h3-8H,2H2,1H3. The maximum atomic E-state index is 12.6. The second kappa shape index (κ2) is 6.76. The van der Waals surface area contributed by atoms with E-state index in [9.17, 15) is 4.79 Å². The summed E-state index contributed by atoms with van der Waals surface area (Å²) in [4.78, 5) is 12.6. The van der Waals surface area contributed by atoms with E-state index >= 15 is 0 Å². The van der Waals surface area contributed by atoms with Crippen LogP contribution in [0.15, 0.2) is 41.3 Å². The van der Waals surface area contributed by atoms with E-state index < -0.39 is 0 Å². The first-order valence-electron chi connectivity index (χ1n) is 5.89. The molecule has 0 saturated heterocycles. The quantitative estimate of drug-likeness (QED) is 0.762. The molecule has 0 aliphatic heterocycles. The molecule has 2 nitrogen and oxygen atoms in total. The lowest BCUT2D eigenvalue weighted by Gasteiger charge is -2.11. The topological polar surface area (TPSA) is 22.0 Å². The van der Waals surface area contributed by atoms with Gasteiger partial charge in [-0.15, -0.1) is 11.8 Å². The third-order valence-corrected chi connectivity index (χ3v) is 4.58. The number of benzene rings is 1. The highest BCUT2D eigenvalue weighted by Gasteiger charge is 2.15. The van der Waals surface area contributed by atoms with Crippen molar-refractivity contribution in [2.24, 2.45) is 0 Å². The SMILES string of the molecule is CCSC(=S)c1c(Cl)ccn(-c2ccccc2Cl)c1=O. The average Bonchev–Trinajstić information content (AvgIpc) is 2.40. The first-order valence-corrected chi connectivity index (χ1v) is 8.04. The Labute approximate surface area is 136 Å². The molecular weight excluding hydrogens is 333 g/mol. The van der Waals surface area contributed by atoms with Crippen molar-refractivity contribution >= 4 is 51.4 Å². The Morgan fingerprint density at radius 1 is 1.25 bits per heavy atom. The minimum Gasteiger partial charge on any atom is -0.282 e. The van der Waals surface area contributed by atoms with Crippen molar-refractivity contribution in [3.63, 3.8) is 0 Å². The Morgan fingerprint density at radius 2 is 1.95 bits per heavy atom. The van der Waals surface area contributed by atoms with Gasteiger partial charge in [0.05, 0.1) is 25.5 Å². The first-order chi connectivity index (χ1) is 9.56. The van der Waals surface area contributed by atoms with E-state index in [2.05, 4.69) is 0 Å². The van der Waals surface area contributed by atoms with Crippen molar-refractivity contribution in [1.82, 2.24) is 4.57 Å². The monoisotopic (exact) mass is 343 g/mol. The molecule has 20 heavy (non-hydrogen) atoms. The van der Waals surface area contributed by atoms with Crippen molar-refractivity contribution in [2.45, 2.75) is 6.92 Å². The van der Waals surface area contributed by atoms with E-state index in [0.29, 0.717) is 25.5 Å². The van der Waals surface area contributed by atoms with Gasteiger partial charge in [-0.05, 0) is 24.0 Å². The fraction of sp³-hybridized carbons (Fsp3) is 0.143. The van der Waals surface area contributed by atoms with Gasteiger partial charge in [0, 0.05) is 6.20 Å². The van der Waals surface area contributed by atoms with E-state index in [0.717, 1.165) is 5.75 Å². The van der Waals surface area contributed by atoms with Crippen LogP contribution in [0, 0.1) is 0 Å². The lowest BCUT2D eigenvalue weighted by atomic mass is 10.2. The number of hydrogen-bond donors (Lipinski definition) is 0. The number of pyridine rings is 1. The molecular formula is C14H11Cl2NOS2. The van der Waals surface area contributed by atoms with Crippen molar-refractivity contribution in [1.29, 1.82) is 0 Å². The second-order valence-corrected chi connectivity index (χ2v) is 6.64. The van der Waals surface area contributed by atoms with Crippen LogP contribution < -0.4 is 5.56 Å². The number of nitrogens with zero attached hydrogens (tertiary/aromatic N) is 1. The number of para-hydroxylation sites is 1. The van der Waals surface area contributed by atoms with Gasteiger partial charge in [0.1, 0.15) is 0 Å². The molecule has 0 amide bonds. The molecule has 0 saturated carbocycles. The van der Waals surface area contributed by atoms with Gasteiger partial charge in [0.25, 0.3) is 5.56 Å². The van der Waals surface area contributed by atoms with Gasteiger partial charge in [-0.3, -0.25) is 9.36 Å². The largest absolute Gasteiger partial charge is 0.282 e. The molecule has 2 aromatic rings. The third-order valence-electron chi connectivity index (χ3n) is 2.63. The van der Waals surface area contributed by atoms with Gasteiger partial charge < -0.3 is 0 Å². The summed E-state index contributed by atoms with van der Waals surface area (Å²) in [6, 6.07) is 8.80. The normalized spacial score (nSPS) is 10.6. The summed E-state index contributed by atoms with van der Waals surface area (Å²) in [6.45, 7) is 1.97. The molecule has 0 radical (unpaired) electrons. The summed E-state index contributed by atoms with van der Waals surface area (Å²) in [7, 11) is 0. The van der Waals surface area contributed by atoms with Crippen LogP contribution in [0.4, 0.5) is 0 Å². The van der Waals surface area contributed by atoms with Gasteiger partial charge in [-0.25, -0.2) is 0 Å². The fourth-order valence-corrected chi connectivity index (χ4v) is 3.46. The molecule has 0 bridgehead atoms. The summed E-state index contributed by atoms with van der Waals surface area (Å²) in [6.07, 6.45) is 1.61. The molecule has 2 rings (SSSR count). The summed E-state index contributed by atoms with van der Waals surface area (Å²) in [5.41, 5.74) is 0.717. The summed E-state index contributed by atoms with van der Waals surface area (Å²) in [5, 5.41) is 0.862. The molecule has 104 valence electrons. The molecule has 0 aliphatic rings. The molecule has 0 N–H and O–H groups in total. The Balaban J connectivity index is 2.64. The van der Waals surface area contributed by atoms with E-state index in [1.54, 1.807) is 24.4 Å². The Kier molecular flexibility index (Phi) is 5.27. The highest BCUT2D eigenvalue weighted by molar-refractivity contribution is 8.23. The van der Waals surface area contributed by atoms with Gasteiger partial charge in [0.2, 0.25) is 0 Å². The minimum atomic E-state index is -0.253. The van der Waals surface area contributed by atoms with Crippen LogP contribution in [0.5, 0.6) is 0 Å². The number of halogens is 2. The number of thioether (sulfide) groups is 1. The van der Waals surface area contributed by atoms with Crippen molar-refractivity contribution < 1.29 is 0 Å². The Hall–Kier alpha value is -0.810. The van der Waals surface area contributed by atoms with Gasteiger partial charge in [0.15, 0.2) is 0 Å². The van der Waals surface area contributed by atoms with Crippen molar-refractivity contribution in [2.75, 3.05) is 5.75 Å². The third kappa shape index (κ3) is 3.09. The van der Waals surface area contributed by atoms with E-state index in [4.69, 9.17) is 35.4 Å². The number of thiocarbonyl (C=S) groups is 1. The van der Waals surface area contributed by atoms with Crippen LogP contribution in [0.25, 0.3) is 5.69 Å². The highest BCUT2D eigenvalue weighted by atomic mass is 35.5. The molecule has 0 spiro atoms. The van der Waals surface area contributed by atoms with Gasteiger partial charge in [-0.1, -0.05) is 54.5 Å². The van der Waals surface area contributed by atoms with Crippen LogP contribution >= 0.6 is 47.2 Å². The predicted molar refractivity (Wildman–Crippen MR) is 91.9 cm³/mol. The Bertz CT molecular complexity index is 713. The smallest absolute Gasteiger partial charge is 0.265 e. The molecule has 1 aromatic heterocycles. The summed E-state index contributed by atoms with van der Waals surface area (Å²) < 4.78 is 1.97. The number of hydrogen-bond acceptors (Lipinski definition) is 3. The molecule has 0 unspecified atom stereocenters. The minimum absolute atomic E-state index is 0.253. The molecule has 0 atom stereocenters. The maximum absolute atomic E-state index is 12.6. The zero-order valence-electron chi connectivity index (χ0n) is 10.6. The molecule has 0 aliphatic carbocycles. The number of rotatable bonds is 3. The van der Waals surface area contributed by atoms with Crippen LogP contribution in [0.2, 0.25) is 10.0 Å². The predicted octanol–water partition coefficient (Wildman–Crippen LogP) is 4.57. The van der Waals surface area contributed by atoms with Crippen LogP contribution in [-0.2, 0) is 0 Å². The molecule has 6 heteroatoms. The fourth-order valence-electron chi connectivity index (χ4n) is 1.74. The summed E-state index contributed by atoms with van der Waals surface area (Å²) in [5.74, 6) is 0.787. The van der Waals surface area contributed by atoms with Gasteiger partial charge >= 0.3 is 0 Å². The molecule has 1 heterocycles. The number of aromatic nitrogens is 1. The zero-order chi connectivity index (χ0) is 14.7. The maximum Gasteiger partial charge on any atom is 0.265 e. The van der Waals surface area contributed by atoms with Crippen molar-refractivity contribution in [3.8, 4) is 5.69 Å². The van der Waals surface area contributed by atoms with E-state index in [1.807, 2.05) is 19.1 Å². The van der Waals surface area contributed by atoms with E-state index in [1.165, 1.54) is 16.3 Å². The van der Waals surface area contributed by atoms with Gasteiger partial charge in [-0.2, -0.15) is 0 Å². The van der Waals surface area contributed by atoms with Crippen LogP contribution in [0.3, 0.4) is 0 Å². The van der Waals surface area contributed by atoms with Crippen LogP contribution in [-0.4, -0.2) is 14.5 Å². The molecule has 1 aromatic carbocycles. The van der Waals surface area contributed by atoms with Crippen molar-refractivity contribution in [3.05, 3.63) is 62.5 Å². The zero-order valence-corrected chi connectivity index (χ0v) is 13.7.